The van der Waals surface area contributed by atoms with Crippen molar-refractivity contribution in [1.82, 2.24) is 10.1 Å². The van der Waals surface area contributed by atoms with E-state index in [0.29, 0.717) is 17.2 Å². The van der Waals surface area contributed by atoms with E-state index in [0.717, 1.165) is 15.8 Å². The highest BCUT2D eigenvalue weighted by molar-refractivity contribution is 7.21. The van der Waals surface area contributed by atoms with Gasteiger partial charge in [-0.25, -0.2) is 4.98 Å². The van der Waals surface area contributed by atoms with Gasteiger partial charge in [-0.15, -0.1) is 10.2 Å². The number of hydrogen-bond donors (Lipinski definition) is 1. The number of nitrogens with zero attached hydrogens (tertiary/aromatic N) is 4. The molecule has 0 atom stereocenters. The molecule has 0 aliphatic rings. The quantitative estimate of drug-likeness (QED) is 0.729. The minimum absolute atomic E-state index is 0.267. The molecule has 0 aliphatic heterocycles. The number of hydrogen-bond acceptors (Lipinski definition) is 7. The Morgan fingerprint density at radius 3 is 2.95 bits per heavy atom. The number of thiazole rings is 1. The summed E-state index contributed by atoms with van der Waals surface area (Å²) in [7, 11) is 0. The van der Waals surface area contributed by atoms with Crippen LogP contribution in [-0.2, 0) is 6.42 Å². The average Bonchev–Trinajstić information content (AvgIpc) is 3.00. The molecule has 6 nitrogen and oxygen atoms in total. The van der Waals surface area contributed by atoms with Gasteiger partial charge in [0.2, 0.25) is 5.13 Å². The van der Waals surface area contributed by atoms with Gasteiger partial charge in [-0.2, -0.15) is 0 Å². The van der Waals surface area contributed by atoms with Crippen molar-refractivity contribution >= 4 is 32.4 Å². The van der Waals surface area contributed by atoms with Crippen LogP contribution < -0.4 is 0 Å². The van der Waals surface area contributed by atoms with Gasteiger partial charge < -0.3 is 9.63 Å². The van der Waals surface area contributed by atoms with E-state index in [-0.39, 0.29) is 11.6 Å². The van der Waals surface area contributed by atoms with E-state index in [4.69, 9.17) is 0 Å². The Kier molecular flexibility index (Phi) is 3.19. The number of fused-ring (bicyclic) bond motifs is 1. The minimum atomic E-state index is -0.317. The maximum atomic E-state index is 9.52. The smallest absolute Gasteiger partial charge is 0.337 e. The first-order valence-electron chi connectivity index (χ1n) is 6.14. The topological polar surface area (TPSA) is 83.9 Å². The lowest BCUT2D eigenvalue weighted by molar-refractivity contribution is 0.277. The molecule has 2 aromatic heterocycles. The zero-order valence-corrected chi connectivity index (χ0v) is 11.8. The van der Waals surface area contributed by atoms with Crippen molar-refractivity contribution in [3.05, 3.63) is 29.5 Å². The molecule has 1 N–H and O–H groups in total. The predicted octanol–water partition coefficient (Wildman–Crippen LogP) is 4.28. The highest BCUT2D eigenvalue weighted by atomic mass is 32.1. The van der Waals surface area contributed by atoms with E-state index in [2.05, 4.69) is 24.9 Å². The van der Waals surface area contributed by atoms with E-state index in [9.17, 15) is 5.11 Å². The largest absolute Gasteiger partial charge is 0.478 e. The Morgan fingerprint density at radius 2 is 2.20 bits per heavy atom. The van der Waals surface area contributed by atoms with Crippen LogP contribution in [0.5, 0.6) is 5.95 Å². The molecular formula is C13H12N4O2S. The van der Waals surface area contributed by atoms with Gasteiger partial charge in [0.05, 0.1) is 10.2 Å². The Bertz CT molecular complexity index is 791. The van der Waals surface area contributed by atoms with Crippen molar-refractivity contribution < 1.29 is 9.63 Å². The summed E-state index contributed by atoms with van der Waals surface area (Å²) in [5.41, 5.74) is 2.87. The number of aromatic hydroxyl groups is 1. The van der Waals surface area contributed by atoms with Gasteiger partial charge in [0.15, 0.2) is 5.69 Å². The molecule has 0 fully saturated rings. The minimum Gasteiger partial charge on any atom is -0.478 e. The second kappa shape index (κ2) is 5.01. The lowest BCUT2D eigenvalue weighted by Gasteiger charge is -1.90. The third kappa shape index (κ3) is 2.16. The maximum absolute atomic E-state index is 9.52. The third-order valence-corrected chi connectivity index (χ3v) is 3.80. The van der Waals surface area contributed by atoms with Gasteiger partial charge >= 0.3 is 5.95 Å². The second-order valence-corrected chi connectivity index (χ2v) is 5.26. The summed E-state index contributed by atoms with van der Waals surface area (Å²) < 4.78 is 5.75. The number of rotatable bonds is 3. The lowest BCUT2D eigenvalue weighted by atomic mass is 10.2. The molecule has 3 aromatic rings. The fourth-order valence-corrected chi connectivity index (χ4v) is 2.72. The monoisotopic (exact) mass is 288 g/mol. The van der Waals surface area contributed by atoms with Gasteiger partial charge in [0, 0.05) is 0 Å². The van der Waals surface area contributed by atoms with Crippen molar-refractivity contribution in [3.8, 4) is 5.95 Å². The average molecular weight is 288 g/mol. The Labute approximate surface area is 118 Å². The molecule has 102 valence electrons. The van der Waals surface area contributed by atoms with Gasteiger partial charge in [0.25, 0.3) is 0 Å². The Morgan fingerprint density at radius 1 is 1.35 bits per heavy atom. The number of benzene rings is 1. The van der Waals surface area contributed by atoms with Crippen molar-refractivity contribution in [2.24, 2.45) is 10.2 Å². The maximum Gasteiger partial charge on any atom is 0.337 e. The molecule has 0 radical (unpaired) electrons. The first-order chi connectivity index (χ1) is 9.69. The molecule has 2 heterocycles. The number of aryl methyl sites for hydroxylation is 2. The van der Waals surface area contributed by atoms with Crippen LogP contribution in [0.25, 0.3) is 10.2 Å². The zero-order chi connectivity index (χ0) is 14.1. The molecule has 0 saturated heterocycles. The summed E-state index contributed by atoms with van der Waals surface area (Å²) in [6, 6.07) is 5.98. The lowest BCUT2D eigenvalue weighted by Crippen LogP contribution is -1.77. The van der Waals surface area contributed by atoms with Crippen LogP contribution in [0.3, 0.4) is 0 Å². The van der Waals surface area contributed by atoms with Crippen LogP contribution in [-0.4, -0.2) is 15.2 Å². The van der Waals surface area contributed by atoms with Crippen LogP contribution in [0.1, 0.15) is 18.2 Å². The number of azo groups is 1. The number of para-hydroxylation sites is 1. The predicted molar refractivity (Wildman–Crippen MR) is 76.1 cm³/mol. The van der Waals surface area contributed by atoms with Crippen molar-refractivity contribution in [2.75, 3.05) is 0 Å². The Balaban J connectivity index is 1.98. The van der Waals surface area contributed by atoms with E-state index >= 15 is 0 Å². The molecule has 20 heavy (non-hydrogen) atoms. The molecule has 0 bridgehead atoms. The fraction of sp³-hybridized carbons (Fsp3) is 0.231. The third-order valence-electron chi connectivity index (χ3n) is 2.90. The Hall–Kier alpha value is -2.28. The zero-order valence-electron chi connectivity index (χ0n) is 11.0. The van der Waals surface area contributed by atoms with E-state index < -0.39 is 0 Å². The van der Waals surface area contributed by atoms with Gasteiger partial charge in [0.1, 0.15) is 5.69 Å². The normalized spacial score (nSPS) is 11.7. The van der Waals surface area contributed by atoms with Crippen LogP contribution >= 0.6 is 11.3 Å². The molecule has 0 unspecified atom stereocenters. The van der Waals surface area contributed by atoms with Gasteiger partial charge in [-0.1, -0.05) is 35.5 Å². The van der Waals surface area contributed by atoms with Crippen LogP contribution in [0, 0.1) is 6.92 Å². The first kappa shape index (κ1) is 12.7. The molecular weight excluding hydrogens is 276 g/mol. The van der Waals surface area contributed by atoms with Crippen LogP contribution in [0.4, 0.5) is 10.8 Å². The molecule has 0 aliphatic carbocycles. The second-order valence-electron chi connectivity index (χ2n) is 4.25. The molecule has 0 spiro atoms. The summed E-state index contributed by atoms with van der Waals surface area (Å²) in [4.78, 5) is 4.42. The van der Waals surface area contributed by atoms with E-state index in [1.807, 2.05) is 32.0 Å². The highest BCUT2D eigenvalue weighted by Crippen LogP contribution is 2.34. The van der Waals surface area contributed by atoms with Crippen molar-refractivity contribution in [1.29, 1.82) is 0 Å². The first-order valence-corrected chi connectivity index (χ1v) is 6.96. The number of aromatic nitrogens is 2. The summed E-state index contributed by atoms with van der Waals surface area (Å²) in [5.74, 6) is -0.317. The summed E-state index contributed by atoms with van der Waals surface area (Å²) >= 11 is 1.45. The van der Waals surface area contributed by atoms with Gasteiger partial charge in [-0.3, -0.25) is 0 Å². The molecule has 3 rings (SSSR count). The van der Waals surface area contributed by atoms with Crippen molar-refractivity contribution in [2.45, 2.75) is 20.3 Å². The summed E-state index contributed by atoms with van der Waals surface area (Å²) in [6.45, 7) is 3.90. The summed E-state index contributed by atoms with van der Waals surface area (Å²) in [6.07, 6.45) is 0.608. The van der Waals surface area contributed by atoms with Crippen molar-refractivity contribution in [3.63, 3.8) is 0 Å². The molecule has 7 heteroatoms. The highest BCUT2D eigenvalue weighted by Gasteiger charge is 2.13. The van der Waals surface area contributed by atoms with E-state index in [1.54, 1.807) is 0 Å². The molecule has 0 amide bonds. The van der Waals surface area contributed by atoms with Crippen LogP contribution in [0.2, 0.25) is 0 Å². The van der Waals surface area contributed by atoms with E-state index in [1.165, 1.54) is 11.3 Å². The SMILES string of the molecule is CCc1noc(O)c1N=Nc1nc2c(C)cccc2s1. The molecule has 0 saturated carbocycles. The summed E-state index contributed by atoms with van der Waals surface area (Å²) in [5, 5.41) is 21.8. The molecule has 1 aromatic carbocycles. The van der Waals surface area contributed by atoms with Crippen LogP contribution in [0.15, 0.2) is 33.0 Å². The standard InChI is InChI=1S/C13H12N4O2S/c1-3-8-11(12(18)19-17-8)15-16-13-14-10-7(2)5-4-6-9(10)20-13/h4-6,18H,3H2,1-2H3. The van der Waals surface area contributed by atoms with Gasteiger partial charge in [-0.05, 0) is 25.0 Å². The fourth-order valence-electron chi connectivity index (χ4n) is 1.85.